The second kappa shape index (κ2) is 5.18. The Labute approximate surface area is 113 Å². The average molecular weight is 336 g/mol. The van der Waals surface area contributed by atoms with Gasteiger partial charge in [-0.2, -0.15) is 30.4 Å². The lowest BCUT2D eigenvalue weighted by Crippen LogP contribution is -2.51. The summed E-state index contributed by atoms with van der Waals surface area (Å²) < 4.78 is 96.4. The fraction of sp³-hybridized carbons (Fsp3) is 0.333. The van der Waals surface area contributed by atoms with Gasteiger partial charge in [0.15, 0.2) is 11.5 Å². The molecule has 6 nitrogen and oxygen atoms in total. The first-order chi connectivity index (χ1) is 9.26. The van der Waals surface area contributed by atoms with Crippen molar-refractivity contribution in [3.8, 4) is 0 Å². The van der Waals surface area contributed by atoms with E-state index in [2.05, 4.69) is 4.74 Å². The van der Waals surface area contributed by atoms with Gasteiger partial charge >= 0.3 is 21.5 Å². The first kappa shape index (κ1) is 17.2. The Balaban J connectivity index is 3.25. The van der Waals surface area contributed by atoms with Crippen LogP contribution in [0.25, 0.3) is 0 Å². The molecule has 1 N–H and O–H groups in total. The fourth-order valence-electron chi connectivity index (χ4n) is 1.17. The van der Waals surface area contributed by atoms with Crippen LogP contribution in [0.2, 0.25) is 0 Å². The molecule has 0 fully saturated rings. The van der Waals surface area contributed by atoms with Crippen LogP contribution in [0.4, 0.5) is 22.0 Å². The second-order valence-electron chi connectivity index (χ2n) is 3.68. The first-order valence-electron chi connectivity index (χ1n) is 4.83. The lowest BCUT2D eigenvalue weighted by atomic mass is 10.1. The highest BCUT2D eigenvalue weighted by Crippen LogP contribution is 2.39. The summed E-state index contributed by atoms with van der Waals surface area (Å²) in [4.78, 5) is 22.0. The zero-order valence-electron chi connectivity index (χ0n) is 9.60. The van der Waals surface area contributed by atoms with Crippen LogP contribution >= 0.6 is 0 Å². The minimum atomic E-state index is -6.49. The monoisotopic (exact) mass is 336 g/mol. The molecule has 0 aromatic rings. The number of alkyl halides is 5. The molecule has 0 aliphatic heterocycles. The van der Waals surface area contributed by atoms with Gasteiger partial charge in [0.2, 0.25) is 5.78 Å². The van der Waals surface area contributed by atoms with Crippen LogP contribution < -0.4 is 0 Å². The molecule has 0 amide bonds. The molecular weight excluding hydrogens is 331 g/mol. The van der Waals surface area contributed by atoms with Crippen LogP contribution in [-0.4, -0.2) is 42.1 Å². The predicted octanol–water partition coefficient (Wildman–Crippen LogP) is 1.01. The number of rotatable bonds is 4. The number of hydrogen-bond acceptors (Lipinski definition) is 5. The Morgan fingerprint density at radius 1 is 1.10 bits per heavy atom. The van der Waals surface area contributed by atoms with Crippen LogP contribution in [0.1, 0.15) is 0 Å². The maximum Gasteiger partial charge on any atom is 0.432 e. The zero-order valence-corrected chi connectivity index (χ0v) is 10.4. The molecule has 1 aliphatic rings. The lowest BCUT2D eigenvalue weighted by Gasteiger charge is -2.27. The molecule has 0 saturated heterocycles. The quantitative estimate of drug-likeness (QED) is 0.467. The van der Waals surface area contributed by atoms with Gasteiger partial charge in [0.05, 0.1) is 0 Å². The number of carbonyl (C=O) groups excluding carboxylic acids is 2. The molecule has 0 aromatic heterocycles. The standard InChI is InChI=1S/C9H5F5O6S/c10-8(11,12)7(9(13,14)21(17,18)19)20-6-3-4(15)1-2-5(6)16/h1-3,7H,(H,17,18,19). The predicted molar refractivity (Wildman–Crippen MR) is 54.7 cm³/mol. The van der Waals surface area contributed by atoms with Crippen molar-refractivity contribution in [1.29, 1.82) is 0 Å². The Morgan fingerprint density at radius 2 is 1.62 bits per heavy atom. The van der Waals surface area contributed by atoms with E-state index >= 15 is 0 Å². The second-order valence-corrected chi connectivity index (χ2v) is 5.18. The van der Waals surface area contributed by atoms with Crippen molar-refractivity contribution >= 4 is 21.7 Å². The van der Waals surface area contributed by atoms with E-state index < -0.39 is 45.0 Å². The number of ketones is 2. The van der Waals surface area contributed by atoms with Crippen LogP contribution in [-0.2, 0) is 24.4 Å². The van der Waals surface area contributed by atoms with E-state index in [4.69, 9.17) is 4.55 Å². The van der Waals surface area contributed by atoms with Gasteiger partial charge in [0.25, 0.3) is 6.10 Å². The van der Waals surface area contributed by atoms with Gasteiger partial charge in [0.1, 0.15) is 0 Å². The summed E-state index contributed by atoms with van der Waals surface area (Å²) in [5, 5.41) is -5.78. The van der Waals surface area contributed by atoms with E-state index in [1.807, 2.05) is 0 Å². The third-order valence-electron chi connectivity index (χ3n) is 2.11. The number of halogens is 5. The molecule has 21 heavy (non-hydrogen) atoms. The highest BCUT2D eigenvalue weighted by molar-refractivity contribution is 7.86. The molecule has 1 atom stereocenters. The average Bonchev–Trinajstić information content (AvgIpc) is 2.26. The zero-order chi connectivity index (χ0) is 16.6. The van der Waals surface area contributed by atoms with Gasteiger partial charge in [-0.15, -0.1) is 0 Å². The number of ether oxygens (including phenoxy) is 1. The maximum atomic E-state index is 13.1. The van der Waals surface area contributed by atoms with Gasteiger partial charge in [-0.3, -0.25) is 14.1 Å². The summed E-state index contributed by atoms with van der Waals surface area (Å²) in [5.74, 6) is -3.80. The van der Waals surface area contributed by atoms with Crippen LogP contribution in [0.15, 0.2) is 24.0 Å². The van der Waals surface area contributed by atoms with E-state index in [1.54, 1.807) is 0 Å². The van der Waals surface area contributed by atoms with Crippen LogP contribution in [0, 0.1) is 0 Å². The molecular formula is C9H5F5O6S. The fourth-order valence-corrected chi connectivity index (χ4v) is 1.62. The van der Waals surface area contributed by atoms with E-state index in [9.17, 15) is 40.0 Å². The largest absolute Gasteiger partial charge is 0.469 e. The number of carbonyl (C=O) groups is 2. The Bertz CT molecular complexity index is 630. The summed E-state index contributed by atoms with van der Waals surface area (Å²) >= 11 is 0. The molecule has 0 spiro atoms. The number of hydrogen-bond donors (Lipinski definition) is 1. The summed E-state index contributed by atoms with van der Waals surface area (Å²) in [6, 6.07) is 0. The highest BCUT2D eigenvalue weighted by Gasteiger charge is 2.65. The van der Waals surface area contributed by atoms with Crippen molar-refractivity contribution in [2.75, 3.05) is 0 Å². The van der Waals surface area contributed by atoms with Crippen LogP contribution in [0.5, 0.6) is 0 Å². The third kappa shape index (κ3) is 3.64. The topological polar surface area (TPSA) is 97.7 Å². The smallest absolute Gasteiger partial charge is 0.432 e. The Hall–Kier alpha value is -1.82. The molecule has 0 bridgehead atoms. The molecule has 0 saturated carbocycles. The molecule has 118 valence electrons. The summed E-state index contributed by atoms with van der Waals surface area (Å²) in [6.07, 6.45) is -9.05. The molecule has 0 aromatic carbocycles. The summed E-state index contributed by atoms with van der Waals surface area (Å²) in [5.41, 5.74) is 0. The van der Waals surface area contributed by atoms with Gasteiger partial charge in [-0.25, -0.2) is 0 Å². The maximum absolute atomic E-state index is 13.1. The molecule has 12 heteroatoms. The van der Waals surface area contributed by atoms with Gasteiger partial charge in [0, 0.05) is 6.08 Å². The van der Waals surface area contributed by atoms with Crippen LogP contribution in [0.3, 0.4) is 0 Å². The van der Waals surface area contributed by atoms with Crippen molar-refractivity contribution in [1.82, 2.24) is 0 Å². The van der Waals surface area contributed by atoms with Gasteiger partial charge in [-0.1, -0.05) is 0 Å². The molecule has 1 rings (SSSR count). The van der Waals surface area contributed by atoms with E-state index in [0.717, 1.165) is 0 Å². The van der Waals surface area contributed by atoms with E-state index in [-0.39, 0.29) is 6.08 Å². The Kier molecular flexibility index (Phi) is 4.25. The lowest BCUT2D eigenvalue weighted by molar-refractivity contribution is -0.253. The highest BCUT2D eigenvalue weighted by atomic mass is 32.2. The van der Waals surface area contributed by atoms with Gasteiger partial charge < -0.3 is 4.74 Å². The van der Waals surface area contributed by atoms with Crippen molar-refractivity contribution in [3.63, 3.8) is 0 Å². The number of allylic oxidation sites excluding steroid dienone is 3. The minimum Gasteiger partial charge on any atom is -0.469 e. The molecule has 1 unspecified atom stereocenters. The minimum absolute atomic E-state index is 0.182. The molecule has 1 aliphatic carbocycles. The first-order valence-corrected chi connectivity index (χ1v) is 6.27. The van der Waals surface area contributed by atoms with E-state index in [0.29, 0.717) is 12.2 Å². The SMILES string of the molecule is O=C1C=CC(=O)C(OC(C(F)(F)F)C(F)(F)S(=O)(=O)O)=C1. The Morgan fingerprint density at radius 3 is 2.05 bits per heavy atom. The normalized spacial score (nSPS) is 18.5. The summed E-state index contributed by atoms with van der Waals surface area (Å²) in [7, 11) is -6.49. The third-order valence-corrected chi connectivity index (χ3v) is 3.01. The van der Waals surface area contributed by atoms with E-state index in [1.165, 1.54) is 0 Å². The van der Waals surface area contributed by atoms with Gasteiger partial charge in [-0.05, 0) is 12.2 Å². The van der Waals surface area contributed by atoms with Crippen molar-refractivity contribution in [2.24, 2.45) is 0 Å². The molecule has 0 heterocycles. The summed E-state index contributed by atoms with van der Waals surface area (Å²) in [6.45, 7) is 0. The van der Waals surface area contributed by atoms with Crippen molar-refractivity contribution in [3.05, 3.63) is 24.0 Å². The van der Waals surface area contributed by atoms with Crippen molar-refractivity contribution < 1.29 is 49.2 Å². The van der Waals surface area contributed by atoms with Crippen molar-refractivity contribution in [2.45, 2.75) is 17.5 Å². The molecule has 0 radical (unpaired) electrons.